The predicted octanol–water partition coefficient (Wildman–Crippen LogP) is 2.59. The highest BCUT2D eigenvalue weighted by atomic mass is 16.2. The molecule has 4 saturated carbocycles. The fourth-order valence-electron chi connectivity index (χ4n) is 7.59. The van der Waals surface area contributed by atoms with Gasteiger partial charge in [-0.2, -0.15) is 4.80 Å². The van der Waals surface area contributed by atoms with Crippen molar-refractivity contribution >= 4 is 5.91 Å². The molecule has 3 unspecified atom stereocenters. The molecule has 3 atom stereocenters. The Morgan fingerprint density at radius 2 is 1.90 bits per heavy atom. The Balaban J connectivity index is 1.27. The topological polar surface area (TPSA) is 75.9 Å². The molecule has 5 aliphatic rings. The summed E-state index contributed by atoms with van der Waals surface area (Å²) in [5.41, 5.74) is 2.47. The standard InChI is InChI=1S/C24H32N6O/c1-3-29-14-20-7-5-4-6-19(20)9-21(29)22(31)25-23-10-17-8-18(11-23)13-24(12-17,15-23)30-27-16(2)26-28-30/h4-7,17-18,21H,3,8-15H2,1-2H3,(H,25,31). The van der Waals surface area contributed by atoms with Gasteiger partial charge in [0, 0.05) is 12.1 Å². The van der Waals surface area contributed by atoms with Crippen molar-refractivity contribution in [2.24, 2.45) is 11.8 Å². The Morgan fingerprint density at radius 3 is 2.58 bits per heavy atom. The van der Waals surface area contributed by atoms with Crippen molar-refractivity contribution in [2.75, 3.05) is 6.54 Å². The van der Waals surface area contributed by atoms with Crippen LogP contribution in [0, 0.1) is 18.8 Å². The smallest absolute Gasteiger partial charge is 0.238 e. The number of carbonyl (C=O) groups is 1. The van der Waals surface area contributed by atoms with Gasteiger partial charge in [0.2, 0.25) is 5.91 Å². The van der Waals surface area contributed by atoms with Crippen LogP contribution in [0.4, 0.5) is 0 Å². The predicted molar refractivity (Wildman–Crippen MR) is 116 cm³/mol. The lowest BCUT2D eigenvalue weighted by Gasteiger charge is -2.61. The molecule has 7 rings (SSSR count). The van der Waals surface area contributed by atoms with Crippen LogP contribution < -0.4 is 5.32 Å². The summed E-state index contributed by atoms with van der Waals surface area (Å²) in [6.07, 6.45) is 7.45. The summed E-state index contributed by atoms with van der Waals surface area (Å²) in [5.74, 6) is 2.22. The van der Waals surface area contributed by atoms with E-state index in [4.69, 9.17) is 0 Å². The van der Waals surface area contributed by atoms with Crippen molar-refractivity contribution in [1.29, 1.82) is 0 Å². The maximum atomic E-state index is 13.7. The van der Waals surface area contributed by atoms with Crippen molar-refractivity contribution in [1.82, 2.24) is 30.4 Å². The molecule has 2 heterocycles. The lowest BCUT2D eigenvalue weighted by Crippen LogP contribution is -2.68. The third kappa shape index (κ3) is 3.12. The summed E-state index contributed by atoms with van der Waals surface area (Å²) in [6.45, 7) is 5.81. The van der Waals surface area contributed by atoms with Crippen LogP contribution in [0.25, 0.3) is 0 Å². The number of nitrogens with zero attached hydrogens (tertiary/aromatic N) is 5. The average Bonchev–Trinajstić information content (AvgIpc) is 3.18. The minimum absolute atomic E-state index is 0.0811. The highest BCUT2D eigenvalue weighted by molar-refractivity contribution is 5.83. The monoisotopic (exact) mass is 420 g/mol. The molecular weight excluding hydrogens is 388 g/mol. The molecule has 4 fully saturated rings. The largest absolute Gasteiger partial charge is 0.349 e. The molecule has 0 radical (unpaired) electrons. The van der Waals surface area contributed by atoms with E-state index in [2.05, 4.69) is 56.8 Å². The molecule has 164 valence electrons. The van der Waals surface area contributed by atoms with E-state index < -0.39 is 0 Å². The Morgan fingerprint density at radius 1 is 1.16 bits per heavy atom. The van der Waals surface area contributed by atoms with Crippen LogP contribution in [0.15, 0.2) is 24.3 Å². The number of carbonyl (C=O) groups excluding carboxylic acids is 1. The first-order valence-corrected chi connectivity index (χ1v) is 11.9. The van der Waals surface area contributed by atoms with Gasteiger partial charge in [0.15, 0.2) is 5.82 Å². The van der Waals surface area contributed by atoms with E-state index in [-0.39, 0.29) is 23.0 Å². The lowest BCUT2D eigenvalue weighted by atomic mass is 9.50. The van der Waals surface area contributed by atoms with Crippen molar-refractivity contribution < 1.29 is 4.79 Å². The fourth-order valence-corrected chi connectivity index (χ4v) is 7.59. The van der Waals surface area contributed by atoms with E-state index in [1.165, 1.54) is 17.5 Å². The van der Waals surface area contributed by atoms with Crippen LogP contribution in [0.1, 0.15) is 62.4 Å². The maximum Gasteiger partial charge on any atom is 0.238 e. The molecule has 4 aliphatic carbocycles. The third-order valence-electron chi connectivity index (χ3n) is 8.41. The normalized spacial score (nSPS) is 36.4. The highest BCUT2D eigenvalue weighted by Crippen LogP contribution is 2.60. The number of amides is 1. The molecule has 7 nitrogen and oxygen atoms in total. The number of likely N-dealkylation sites (N-methyl/N-ethyl adjacent to an activating group) is 1. The number of hydrogen-bond donors (Lipinski definition) is 1. The molecular formula is C24H32N6O. The van der Waals surface area contributed by atoms with Gasteiger partial charge in [-0.1, -0.05) is 31.2 Å². The molecule has 4 bridgehead atoms. The van der Waals surface area contributed by atoms with E-state index in [9.17, 15) is 4.79 Å². The molecule has 1 N–H and O–H groups in total. The van der Waals surface area contributed by atoms with Gasteiger partial charge in [-0.05, 0) is 86.6 Å². The molecule has 2 aromatic rings. The van der Waals surface area contributed by atoms with Crippen LogP contribution in [0.3, 0.4) is 0 Å². The molecule has 7 heteroatoms. The summed E-state index contributed by atoms with van der Waals surface area (Å²) in [4.78, 5) is 17.9. The number of hydrogen-bond acceptors (Lipinski definition) is 5. The summed E-state index contributed by atoms with van der Waals surface area (Å²) < 4.78 is 0. The van der Waals surface area contributed by atoms with E-state index in [1.807, 2.05) is 11.7 Å². The number of aromatic nitrogens is 4. The summed E-state index contributed by atoms with van der Waals surface area (Å²) >= 11 is 0. The SMILES string of the molecule is CCN1Cc2ccccc2CC1C(=O)NC12CC3CC(C1)CC(n1nnc(C)n1)(C3)C2. The lowest BCUT2D eigenvalue weighted by molar-refractivity contribution is -0.137. The van der Waals surface area contributed by atoms with Gasteiger partial charge in [0.1, 0.15) is 0 Å². The molecule has 31 heavy (non-hydrogen) atoms. The average molecular weight is 421 g/mol. The zero-order chi connectivity index (χ0) is 21.2. The molecule has 0 spiro atoms. The van der Waals surface area contributed by atoms with Crippen LogP contribution in [-0.4, -0.2) is 49.1 Å². The van der Waals surface area contributed by atoms with Crippen molar-refractivity contribution in [2.45, 2.75) is 82.5 Å². The summed E-state index contributed by atoms with van der Waals surface area (Å²) in [7, 11) is 0. The number of tetrazole rings is 1. The van der Waals surface area contributed by atoms with Crippen molar-refractivity contribution in [3.8, 4) is 0 Å². The number of fused-ring (bicyclic) bond motifs is 1. The van der Waals surface area contributed by atoms with Gasteiger partial charge in [-0.15, -0.1) is 10.2 Å². The highest BCUT2D eigenvalue weighted by Gasteiger charge is 2.60. The Hall–Kier alpha value is -2.28. The quantitative estimate of drug-likeness (QED) is 0.823. The second-order valence-corrected chi connectivity index (χ2v) is 10.6. The van der Waals surface area contributed by atoms with E-state index in [1.54, 1.807) is 0 Å². The van der Waals surface area contributed by atoms with Crippen LogP contribution >= 0.6 is 0 Å². The summed E-state index contributed by atoms with van der Waals surface area (Å²) in [6, 6.07) is 8.48. The van der Waals surface area contributed by atoms with Crippen molar-refractivity contribution in [3.63, 3.8) is 0 Å². The Kier molecular flexibility index (Phi) is 4.29. The van der Waals surface area contributed by atoms with Gasteiger partial charge in [-0.3, -0.25) is 9.69 Å². The maximum absolute atomic E-state index is 13.7. The number of aryl methyl sites for hydroxylation is 1. The molecule has 1 amide bonds. The van der Waals surface area contributed by atoms with Gasteiger partial charge in [0.25, 0.3) is 0 Å². The summed E-state index contributed by atoms with van der Waals surface area (Å²) in [5, 5.41) is 16.8. The molecule has 1 aliphatic heterocycles. The van der Waals surface area contributed by atoms with Gasteiger partial charge >= 0.3 is 0 Å². The zero-order valence-corrected chi connectivity index (χ0v) is 18.5. The Bertz CT molecular complexity index is 1000. The first-order chi connectivity index (χ1) is 15.0. The van der Waals surface area contributed by atoms with E-state index in [0.717, 1.165) is 57.4 Å². The molecule has 0 saturated heterocycles. The number of nitrogens with one attached hydrogen (secondary N) is 1. The van der Waals surface area contributed by atoms with Crippen LogP contribution in [0.5, 0.6) is 0 Å². The van der Waals surface area contributed by atoms with E-state index in [0.29, 0.717) is 11.8 Å². The van der Waals surface area contributed by atoms with E-state index >= 15 is 0 Å². The molecule has 1 aromatic carbocycles. The fraction of sp³-hybridized carbons (Fsp3) is 0.667. The minimum Gasteiger partial charge on any atom is -0.349 e. The first-order valence-electron chi connectivity index (χ1n) is 11.9. The van der Waals surface area contributed by atoms with Gasteiger partial charge in [-0.25, -0.2) is 0 Å². The zero-order valence-electron chi connectivity index (χ0n) is 18.5. The van der Waals surface area contributed by atoms with Crippen LogP contribution in [0.2, 0.25) is 0 Å². The molecule has 1 aromatic heterocycles. The number of rotatable bonds is 4. The van der Waals surface area contributed by atoms with Gasteiger partial charge < -0.3 is 5.32 Å². The van der Waals surface area contributed by atoms with Crippen LogP contribution in [-0.2, 0) is 23.3 Å². The second kappa shape index (κ2) is 6.86. The second-order valence-electron chi connectivity index (χ2n) is 10.6. The van der Waals surface area contributed by atoms with Crippen molar-refractivity contribution in [3.05, 3.63) is 41.2 Å². The third-order valence-corrected chi connectivity index (χ3v) is 8.41. The minimum atomic E-state index is -0.126. The first kappa shape index (κ1) is 19.4. The van der Waals surface area contributed by atoms with Gasteiger partial charge in [0.05, 0.1) is 11.6 Å². The number of benzene rings is 1. The Labute approximate surface area is 183 Å².